The van der Waals surface area contributed by atoms with Gasteiger partial charge in [-0.15, -0.1) is 0 Å². The summed E-state index contributed by atoms with van der Waals surface area (Å²) in [4.78, 5) is 42.3. The summed E-state index contributed by atoms with van der Waals surface area (Å²) in [5.74, 6) is -0.688. The Hall–Kier alpha value is -3.44. The van der Waals surface area contributed by atoms with Crippen molar-refractivity contribution in [2.75, 3.05) is 90.2 Å². The highest BCUT2D eigenvalue weighted by Gasteiger charge is 2.26. The fourth-order valence-electron chi connectivity index (χ4n) is 4.31. The minimum absolute atomic E-state index is 0.00806. The van der Waals surface area contributed by atoms with E-state index < -0.39 is 19.5 Å². The van der Waals surface area contributed by atoms with Crippen molar-refractivity contribution in [1.29, 1.82) is 0 Å². The fraction of sp³-hybridized carbons (Fsp3) is 0.607. The fourth-order valence-corrected chi connectivity index (χ4v) is 5.06. The number of esters is 2. The van der Waals surface area contributed by atoms with Crippen molar-refractivity contribution in [3.63, 3.8) is 0 Å². The largest absolute Gasteiger partial charge is 0.461 e. The Labute approximate surface area is 268 Å². The van der Waals surface area contributed by atoms with Gasteiger partial charge in [-0.05, 0) is 51.9 Å². The Morgan fingerprint density at radius 2 is 1.39 bits per heavy atom. The van der Waals surface area contributed by atoms with Crippen LogP contribution >= 0.6 is 7.60 Å². The molecule has 18 heteroatoms. The highest BCUT2D eigenvalue weighted by Crippen LogP contribution is 2.45. The Bertz CT molecular complexity index is 1310. The number of benzene rings is 1. The highest BCUT2D eigenvalue weighted by molar-refractivity contribution is 7.53. The maximum atomic E-state index is 12.9. The maximum Gasteiger partial charge on any atom is 0.349 e. The van der Waals surface area contributed by atoms with E-state index in [4.69, 9.17) is 23.6 Å². The topological polar surface area (TPSA) is 210 Å². The van der Waals surface area contributed by atoms with Gasteiger partial charge in [0.2, 0.25) is 17.8 Å². The van der Waals surface area contributed by atoms with Crippen molar-refractivity contribution in [3.8, 4) is 0 Å². The number of nitrogens with one attached hydrogen (secondary N) is 3. The Morgan fingerprint density at radius 1 is 0.870 bits per heavy atom. The number of carbonyl (C=O) groups excluding carboxylic acids is 2. The van der Waals surface area contributed by atoms with Crippen LogP contribution < -0.4 is 16.0 Å². The third-order valence-corrected chi connectivity index (χ3v) is 8.77. The molecule has 46 heavy (non-hydrogen) atoms. The lowest BCUT2D eigenvalue weighted by molar-refractivity contribution is 0.00422. The number of hydrogen-bond donors (Lipinski definition) is 5. The summed E-state index contributed by atoms with van der Waals surface area (Å²) in [7, 11) is 2.78. The number of anilines is 3. The third kappa shape index (κ3) is 12.1. The summed E-state index contributed by atoms with van der Waals surface area (Å²) in [5, 5.41) is 27.8. The van der Waals surface area contributed by atoms with Gasteiger partial charge in [0.25, 0.3) is 0 Å². The highest BCUT2D eigenvalue weighted by atomic mass is 31.2. The molecule has 17 nitrogen and oxygen atoms in total. The lowest BCUT2D eigenvalue weighted by Gasteiger charge is -2.25. The zero-order valence-corrected chi connectivity index (χ0v) is 27.6. The molecule has 0 atom stereocenters. The molecule has 1 fully saturated rings. The standard InChI is InChI=1S/C28H45N8O9P/c1-35(13-15-37)17-29-26-32-27(34-28(33-26)31-19-46(41,42-3)43-4)30-18-36(2)14-16-44-24(39)22-7-5-6-8-23(22)25(40)45-21-11-9-20(38)10-12-21/h5-8,20-21,37-38H,9-19H2,1-4H3,(H3,29,30,31,32,33,34). The number of carbonyl (C=O) groups is 2. The number of aliphatic hydroxyl groups excluding tert-OH is 2. The molecule has 0 bridgehead atoms. The summed E-state index contributed by atoms with van der Waals surface area (Å²) >= 11 is 0. The minimum Gasteiger partial charge on any atom is -0.461 e. The van der Waals surface area contributed by atoms with Crippen molar-refractivity contribution in [2.24, 2.45) is 0 Å². The first kappa shape index (κ1) is 37.0. The number of aliphatic hydroxyl groups is 2. The molecule has 0 spiro atoms. The van der Waals surface area contributed by atoms with Crippen molar-refractivity contribution in [2.45, 2.75) is 37.9 Å². The van der Waals surface area contributed by atoms with Crippen LogP contribution in [0.25, 0.3) is 0 Å². The molecule has 5 N–H and O–H groups in total. The zero-order chi connectivity index (χ0) is 33.5. The molecule has 0 saturated heterocycles. The van der Waals surface area contributed by atoms with Gasteiger partial charge in [-0.3, -0.25) is 14.4 Å². The van der Waals surface area contributed by atoms with Crippen LogP contribution in [0.5, 0.6) is 0 Å². The normalized spacial score (nSPS) is 16.7. The minimum atomic E-state index is -3.38. The van der Waals surface area contributed by atoms with Crippen LogP contribution in [0.4, 0.5) is 17.8 Å². The van der Waals surface area contributed by atoms with Crippen LogP contribution in [-0.4, -0.2) is 133 Å². The van der Waals surface area contributed by atoms with Gasteiger partial charge in [0.05, 0.1) is 37.2 Å². The van der Waals surface area contributed by atoms with E-state index in [-0.39, 0.29) is 67.3 Å². The average molecular weight is 669 g/mol. The second-order valence-electron chi connectivity index (χ2n) is 10.7. The Balaban J connectivity index is 1.54. The number of hydrogen-bond acceptors (Lipinski definition) is 17. The van der Waals surface area contributed by atoms with Gasteiger partial charge < -0.3 is 44.7 Å². The molecule has 256 valence electrons. The predicted molar refractivity (Wildman–Crippen MR) is 170 cm³/mol. The lowest BCUT2D eigenvalue weighted by atomic mass is 9.95. The van der Waals surface area contributed by atoms with E-state index in [1.54, 1.807) is 19.2 Å². The van der Waals surface area contributed by atoms with Gasteiger partial charge in [-0.25, -0.2) is 9.59 Å². The molecule has 1 aromatic heterocycles. The van der Waals surface area contributed by atoms with E-state index in [1.165, 1.54) is 26.4 Å². The molecular formula is C28H45N8O9P. The van der Waals surface area contributed by atoms with Gasteiger partial charge in [0, 0.05) is 27.3 Å². The summed E-state index contributed by atoms with van der Waals surface area (Å²) < 4.78 is 33.4. The first-order valence-electron chi connectivity index (χ1n) is 14.9. The van der Waals surface area contributed by atoms with E-state index in [1.807, 2.05) is 16.8 Å². The molecule has 0 unspecified atom stereocenters. The predicted octanol–water partition coefficient (Wildman–Crippen LogP) is 1.64. The number of rotatable bonds is 19. The van der Waals surface area contributed by atoms with Crippen LogP contribution in [-0.2, 0) is 23.1 Å². The SMILES string of the molecule is COP(=O)(CNc1nc(NCN(C)CCO)nc(NCN(C)CCOC(=O)c2ccccc2C(=O)OC2CCC(O)CC2)n1)OC. The Kier molecular flexibility index (Phi) is 15.0. The first-order valence-corrected chi connectivity index (χ1v) is 16.6. The van der Waals surface area contributed by atoms with Gasteiger partial charge in [0.15, 0.2) is 0 Å². The van der Waals surface area contributed by atoms with E-state index in [2.05, 4.69) is 30.9 Å². The average Bonchev–Trinajstić information content (AvgIpc) is 3.06. The lowest BCUT2D eigenvalue weighted by Crippen LogP contribution is -2.31. The zero-order valence-electron chi connectivity index (χ0n) is 26.7. The molecule has 0 radical (unpaired) electrons. The van der Waals surface area contributed by atoms with Crippen LogP contribution in [0, 0.1) is 0 Å². The quantitative estimate of drug-likeness (QED) is 0.0818. The van der Waals surface area contributed by atoms with E-state index in [9.17, 15) is 19.3 Å². The van der Waals surface area contributed by atoms with Crippen molar-refractivity contribution in [1.82, 2.24) is 24.8 Å². The van der Waals surface area contributed by atoms with E-state index in [0.717, 1.165) is 0 Å². The third-order valence-electron chi connectivity index (χ3n) is 7.11. The molecule has 1 saturated carbocycles. The number of aromatic nitrogens is 3. The first-order chi connectivity index (χ1) is 22.1. The van der Waals surface area contributed by atoms with Crippen LogP contribution in [0.15, 0.2) is 24.3 Å². The molecular weight excluding hydrogens is 623 g/mol. The molecule has 2 aromatic rings. The monoisotopic (exact) mass is 668 g/mol. The summed E-state index contributed by atoms with van der Waals surface area (Å²) in [5.41, 5.74) is 0.248. The van der Waals surface area contributed by atoms with Gasteiger partial charge >= 0.3 is 19.5 Å². The van der Waals surface area contributed by atoms with Crippen LogP contribution in [0.1, 0.15) is 46.4 Å². The second-order valence-corrected chi connectivity index (χ2v) is 13.0. The van der Waals surface area contributed by atoms with E-state index in [0.29, 0.717) is 45.4 Å². The summed E-state index contributed by atoms with van der Waals surface area (Å²) in [6.07, 6.45) is 1.45. The molecule has 1 aliphatic rings. The molecule has 1 heterocycles. The number of nitrogens with zero attached hydrogens (tertiary/aromatic N) is 5. The number of ether oxygens (including phenoxy) is 2. The second kappa shape index (κ2) is 18.6. The Morgan fingerprint density at radius 3 is 1.93 bits per heavy atom. The van der Waals surface area contributed by atoms with Gasteiger partial charge in [0.1, 0.15) is 19.0 Å². The molecule has 0 amide bonds. The van der Waals surface area contributed by atoms with Crippen molar-refractivity contribution >= 4 is 37.4 Å². The smallest absolute Gasteiger partial charge is 0.349 e. The summed E-state index contributed by atoms with van der Waals surface area (Å²) in [6.45, 7) is 1.42. The molecule has 0 aliphatic heterocycles. The van der Waals surface area contributed by atoms with Gasteiger partial charge in [-0.2, -0.15) is 15.0 Å². The van der Waals surface area contributed by atoms with Gasteiger partial charge in [-0.1, -0.05) is 12.1 Å². The molecule has 3 rings (SSSR count). The van der Waals surface area contributed by atoms with Crippen molar-refractivity contribution < 1.29 is 42.9 Å². The van der Waals surface area contributed by atoms with Crippen LogP contribution in [0.2, 0.25) is 0 Å². The van der Waals surface area contributed by atoms with Crippen molar-refractivity contribution in [3.05, 3.63) is 35.4 Å². The maximum absolute atomic E-state index is 12.9. The van der Waals surface area contributed by atoms with Crippen LogP contribution in [0.3, 0.4) is 0 Å². The van der Waals surface area contributed by atoms with E-state index >= 15 is 0 Å². The number of likely N-dealkylation sites (N-methyl/N-ethyl adjacent to an activating group) is 2. The molecule has 1 aliphatic carbocycles. The molecule has 1 aromatic carbocycles. The summed E-state index contributed by atoms with van der Waals surface area (Å²) in [6, 6.07) is 6.35.